The molecule has 2 aromatic carbocycles. The highest BCUT2D eigenvalue weighted by Crippen LogP contribution is 2.40. The molecule has 0 fully saturated rings. The van der Waals surface area contributed by atoms with Crippen molar-refractivity contribution < 1.29 is 14.1 Å². The summed E-state index contributed by atoms with van der Waals surface area (Å²) in [4.78, 5) is 13.4. The first-order chi connectivity index (χ1) is 14.7. The number of anilines is 1. The third-order valence-corrected chi connectivity index (χ3v) is 6.97. The standard InChI is InChI=1S/C24H24N2O2S2/c1-3-4-16-24(27)28-17(2)26-19-11-6-8-13-21(19)30-23(26)15-9-14-22-25-18-10-5-7-12-20(18)29-22/h5-15,17H,3-4,16H2,1-2H3/p+1. The number of rotatable bonds is 7. The predicted molar refractivity (Wildman–Crippen MR) is 125 cm³/mol. The predicted octanol–water partition coefficient (Wildman–Crippen LogP) is 6.51. The lowest BCUT2D eigenvalue weighted by Gasteiger charge is -2.09. The molecule has 1 unspecified atom stereocenters. The Kier molecular flexibility index (Phi) is 6.55. The van der Waals surface area contributed by atoms with E-state index in [1.165, 1.54) is 9.60 Å². The molecule has 0 saturated heterocycles. The second kappa shape index (κ2) is 9.49. The zero-order valence-electron chi connectivity index (χ0n) is 17.1. The number of hydrogen-bond donors (Lipinski definition) is 1. The molecule has 0 bridgehead atoms. The Bertz CT molecular complexity index is 1090. The van der Waals surface area contributed by atoms with Crippen molar-refractivity contribution in [2.75, 3.05) is 5.32 Å². The molecule has 0 amide bonds. The van der Waals surface area contributed by atoms with Crippen molar-refractivity contribution in [2.45, 2.75) is 44.2 Å². The molecule has 3 aromatic rings. The van der Waals surface area contributed by atoms with Gasteiger partial charge in [0.2, 0.25) is 5.52 Å². The Morgan fingerprint density at radius 2 is 2.00 bits per heavy atom. The first-order valence-corrected chi connectivity index (χ1v) is 11.8. The number of nitrogens with one attached hydrogen (secondary N) is 1. The summed E-state index contributed by atoms with van der Waals surface area (Å²) in [6, 6.07) is 16.5. The molecule has 4 nitrogen and oxygen atoms in total. The molecule has 1 aliphatic heterocycles. The maximum Gasteiger partial charge on any atom is 0.310 e. The van der Waals surface area contributed by atoms with Gasteiger partial charge in [0, 0.05) is 30.4 Å². The van der Waals surface area contributed by atoms with Gasteiger partial charge in [0.15, 0.2) is 0 Å². The fraction of sp³-hybridized carbons (Fsp3) is 0.250. The number of carbonyl (C=O) groups excluding carboxylic acids is 1. The lowest BCUT2D eigenvalue weighted by Crippen LogP contribution is -2.41. The van der Waals surface area contributed by atoms with Crippen LogP contribution in [-0.2, 0) is 9.53 Å². The number of esters is 1. The van der Waals surface area contributed by atoms with E-state index in [1.54, 1.807) is 23.1 Å². The molecule has 0 radical (unpaired) electrons. The van der Waals surface area contributed by atoms with Gasteiger partial charge in [-0.3, -0.25) is 4.79 Å². The van der Waals surface area contributed by atoms with Gasteiger partial charge < -0.3 is 10.1 Å². The van der Waals surface area contributed by atoms with Crippen LogP contribution in [-0.4, -0.2) is 5.97 Å². The van der Waals surface area contributed by atoms with Gasteiger partial charge in [0.1, 0.15) is 4.70 Å². The van der Waals surface area contributed by atoms with Gasteiger partial charge in [-0.05, 0) is 30.7 Å². The molecule has 4 rings (SSSR count). The number of nitrogens with zero attached hydrogens (tertiary/aromatic N) is 1. The van der Waals surface area contributed by atoms with Crippen molar-refractivity contribution in [3.05, 3.63) is 70.7 Å². The number of thioether (sulfide) groups is 1. The summed E-state index contributed by atoms with van der Waals surface area (Å²) in [5, 5.41) is 5.57. The normalized spacial score (nSPS) is 15.5. The van der Waals surface area contributed by atoms with Crippen LogP contribution in [0.1, 0.15) is 44.3 Å². The van der Waals surface area contributed by atoms with E-state index in [0.717, 1.165) is 34.1 Å². The maximum atomic E-state index is 12.2. The van der Waals surface area contributed by atoms with E-state index in [9.17, 15) is 4.79 Å². The van der Waals surface area contributed by atoms with Crippen LogP contribution in [0.25, 0.3) is 16.3 Å². The first kappa shape index (κ1) is 20.7. The summed E-state index contributed by atoms with van der Waals surface area (Å²) in [7, 11) is 0. The highest BCUT2D eigenvalue weighted by atomic mass is 32.2. The number of aromatic nitrogens is 1. The van der Waals surface area contributed by atoms with E-state index >= 15 is 0 Å². The van der Waals surface area contributed by atoms with Gasteiger partial charge in [-0.15, -0.1) is 4.57 Å². The number of ether oxygens (including phenoxy) is 1. The molecular weight excluding hydrogens is 412 g/mol. The zero-order valence-corrected chi connectivity index (χ0v) is 18.8. The molecule has 1 atom stereocenters. The van der Waals surface area contributed by atoms with Crippen molar-refractivity contribution in [2.24, 2.45) is 0 Å². The molecule has 0 aliphatic carbocycles. The molecule has 1 aromatic heterocycles. The third kappa shape index (κ3) is 4.60. The third-order valence-electron chi connectivity index (χ3n) is 4.83. The molecule has 30 heavy (non-hydrogen) atoms. The van der Waals surface area contributed by atoms with Gasteiger partial charge in [-0.25, -0.2) is 0 Å². The Labute approximate surface area is 185 Å². The minimum atomic E-state index is -0.360. The summed E-state index contributed by atoms with van der Waals surface area (Å²) in [5.74, 6) is -0.145. The maximum absolute atomic E-state index is 12.2. The SMILES string of the molecule is CCCCC(=O)OC(C)[n+]1c(C=CC=C2Nc3ccccc3S2)sc2ccccc21. The van der Waals surface area contributed by atoms with Gasteiger partial charge in [-0.1, -0.05) is 66.8 Å². The summed E-state index contributed by atoms with van der Waals surface area (Å²) in [6.45, 7) is 4.01. The minimum Gasteiger partial charge on any atom is -0.403 e. The van der Waals surface area contributed by atoms with Crippen LogP contribution >= 0.6 is 23.1 Å². The summed E-state index contributed by atoms with van der Waals surface area (Å²) in [6.07, 6.45) is 8.15. The lowest BCUT2D eigenvalue weighted by molar-refractivity contribution is -0.728. The van der Waals surface area contributed by atoms with Crippen molar-refractivity contribution >= 4 is 51.0 Å². The van der Waals surface area contributed by atoms with Crippen LogP contribution in [0, 0.1) is 0 Å². The molecule has 0 spiro atoms. The number of allylic oxidation sites excluding steroid dienone is 2. The Morgan fingerprint density at radius 3 is 2.83 bits per heavy atom. The quantitative estimate of drug-likeness (QED) is 0.338. The summed E-state index contributed by atoms with van der Waals surface area (Å²) >= 11 is 3.42. The largest absolute Gasteiger partial charge is 0.403 e. The van der Waals surface area contributed by atoms with Crippen LogP contribution < -0.4 is 9.88 Å². The topological polar surface area (TPSA) is 42.2 Å². The number of fused-ring (bicyclic) bond motifs is 2. The lowest BCUT2D eigenvalue weighted by atomic mass is 10.2. The number of unbranched alkanes of at least 4 members (excludes halogenated alkanes) is 1. The minimum absolute atomic E-state index is 0.145. The number of hydrogen-bond acceptors (Lipinski definition) is 5. The van der Waals surface area contributed by atoms with Gasteiger partial charge in [0.05, 0.1) is 10.7 Å². The van der Waals surface area contributed by atoms with Gasteiger partial charge >= 0.3 is 12.2 Å². The van der Waals surface area contributed by atoms with Crippen molar-refractivity contribution in [3.8, 4) is 0 Å². The number of para-hydroxylation sites is 2. The van der Waals surface area contributed by atoms with E-state index in [1.807, 2.05) is 31.2 Å². The van der Waals surface area contributed by atoms with Crippen LogP contribution in [0.15, 0.2) is 70.6 Å². The highest BCUT2D eigenvalue weighted by Gasteiger charge is 2.26. The van der Waals surface area contributed by atoms with Gasteiger partial charge in [-0.2, -0.15) is 0 Å². The molecule has 2 heterocycles. The van der Waals surface area contributed by atoms with Crippen molar-refractivity contribution in [3.63, 3.8) is 0 Å². The molecule has 1 aliphatic rings. The van der Waals surface area contributed by atoms with Crippen LogP contribution in [0.3, 0.4) is 0 Å². The number of thiazole rings is 1. The van der Waals surface area contributed by atoms with E-state index in [4.69, 9.17) is 4.74 Å². The van der Waals surface area contributed by atoms with Gasteiger partial charge in [0.25, 0.3) is 5.01 Å². The molecule has 154 valence electrons. The summed E-state index contributed by atoms with van der Waals surface area (Å²) in [5.41, 5.74) is 2.22. The van der Waals surface area contributed by atoms with E-state index in [2.05, 4.69) is 59.3 Å². The smallest absolute Gasteiger partial charge is 0.310 e. The fourth-order valence-electron chi connectivity index (χ4n) is 3.36. The Hall–Kier alpha value is -2.57. The van der Waals surface area contributed by atoms with E-state index < -0.39 is 0 Å². The Balaban J connectivity index is 1.56. The molecule has 1 N–H and O–H groups in total. The van der Waals surface area contributed by atoms with Crippen molar-refractivity contribution in [1.29, 1.82) is 0 Å². The number of benzene rings is 2. The highest BCUT2D eigenvalue weighted by molar-refractivity contribution is 8.03. The number of carbonyl (C=O) groups is 1. The average Bonchev–Trinajstić information content (AvgIpc) is 3.32. The molecular formula is C24H25N2O2S2+. The fourth-order valence-corrected chi connectivity index (χ4v) is 5.42. The van der Waals surface area contributed by atoms with Crippen LogP contribution in [0.2, 0.25) is 0 Å². The van der Waals surface area contributed by atoms with Crippen LogP contribution in [0.5, 0.6) is 0 Å². The molecule has 6 heteroatoms. The Morgan fingerprint density at radius 1 is 1.20 bits per heavy atom. The van der Waals surface area contributed by atoms with E-state index in [-0.39, 0.29) is 12.2 Å². The van der Waals surface area contributed by atoms with Crippen LogP contribution in [0.4, 0.5) is 5.69 Å². The second-order valence-corrected chi connectivity index (χ2v) is 9.23. The average molecular weight is 438 g/mol. The monoisotopic (exact) mass is 437 g/mol. The van der Waals surface area contributed by atoms with E-state index in [0.29, 0.717) is 6.42 Å². The molecule has 0 saturated carbocycles. The van der Waals surface area contributed by atoms with Crippen molar-refractivity contribution in [1.82, 2.24) is 0 Å². The second-order valence-electron chi connectivity index (χ2n) is 7.08. The first-order valence-electron chi connectivity index (χ1n) is 10.2. The summed E-state index contributed by atoms with van der Waals surface area (Å²) < 4.78 is 9.00. The zero-order chi connectivity index (χ0) is 20.9.